The molecular weight excluding hydrogens is 298 g/mol. The number of nitrogens with zero attached hydrogens (tertiary/aromatic N) is 2. The maximum atomic E-state index is 12.5. The first kappa shape index (κ1) is 18.9. The number of hydrogen-bond acceptors (Lipinski definition) is 4. The fourth-order valence-corrected chi connectivity index (χ4v) is 2.34. The number of nitro groups is 1. The van der Waals surface area contributed by atoms with E-state index in [0.29, 0.717) is 30.8 Å². The Morgan fingerprint density at radius 3 is 2.52 bits per heavy atom. The number of unbranched alkanes of at least 4 members (excludes halogenated alkanes) is 1. The van der Waals surface area contributed by atoms with Crippen LogP contribution in [0, 0.1) is 24.0 Å². The lowest BCUT2D eigenvalue weighted by Gasteiger charge is -2.23. The highest BCUT2D eigenvalue weighted by atomic mass is 16.6. The lowest BCUT2D eigenvalue weighted by atomic mass is 10.1. The third-order valence-electron chi connectivity index (χ3n) is 3.73. The molecule has 0 unspecified atom stereocenters. The average molecular weight is 323 g/mol. The molecule has 0 saturated heterocycles. The molecule has 0 spiro atoms. The zero-order chi connectivity index (χ0) is 17.4. The quantitative estimate of drug-likeness (QED) is 0.567. The minimum Gasteiger partial charge on any atom is -0.396 e. The van der Waals surface area contributed by atoms with Gasteiger partial charge in [-0.3, -0.25) is 10.1 Å². The molecule has 0 radical (unpaired) electrons. The van der Waals surface area contributed by atoms with E-state index in [2.05, 4.69) is 5.32 Å². The molecular formula is C16H25N3O4. The van der Waals surface area contributed by atoms with Crippen molar-refractivity contribution in [3.05, 3.63) is 33.4 Å². The van der Waals surface area contributed by atoms with Crippen LogP contribution in [0.5, 0.6) is 0 Å². The van der Waals surface area contributed by atoms with Gasteiger partial charge in [0.2, 0.25) is 0 Å². The summed E-state index contributed by atoms with van der Waals surface area (Å²) in [6.45, 7) is 6.54. The van der Waals surface area contributed by atoms with E-state index in [1.54, 1.807) is 24.8 Å². The van der Waals surface area contributed by atoms with Crippen LogP contribution in [0.1, 0.15) is 37.3 Å². The fraction of sp³-hybridized carbons (Fsp3) is 0.562. The van der Waals surface area contributed by atoms with Gasteiger partial charge in [-0.1, -0.05) is 19.4 Å². The van der Waals surface area contributed by atoms with E-state index in [4.69, 9.17) is 5.11 Å². The smallest absolute Gasteiger partial charge is 0.321 e. The van der Waals surface area contributed by atoms with Crippen molar-refractivity contribution in [2.45, 2.75) is 40.0 Å². The van der Waals surface area contributed by atoms with Gasteiger partial charge in [0.15, 0.2) is 0 Å². The molecule has 0 aliphatic heterocycles. The number of nitrogens with one attached hydrogen (secondary N) is 1. The second kappa shape index (κ2) is 9.09. The zero-order valence-corrected chi connectivity index (χ0v) is 14.0. The van der Waals surface area contributed by atoms with E-state index in [0.717, 1.165) is 18.4 Å². The SMILES string of the molecule is CCCCN(CCCO)C(=O)Nc1c(C)ccc([N+](=O)[O-])c1C. The molecule has 7 nitrogen and oxygen atoms in total. The normalized spacial score (nSPS) is 10.4. The molecule has 23 heavy (non-hydrogen) atoms. The Morgan fingerprint density at radius 1 is 1.30 bits per heavy atom. The number of aryl methyl sites for hydroxylation is 1. The number of anilines is 1. The Hall–Kier alpha value is -2.15. The summed E-state index contributed by atoms with van der Waals surface area (Å²) in [5, 5.41) is 22.8. The Balaban J connectivity index is 2.96. The molecule has 0 aliphatic rings. The number of nitro benzene ring substituents is 1. The van der Waals surface area contributed by atoms with E-state index >= 15 is 0 Å². The summed E-state index contributed by atoms with van der Waals surface area (Å²) in [7, 11) is 0. The highest BCUT2D eigenvalue weighted by molar-refractivity contribution is 5.91. The van der Waals surface area contributed by atoms with E-state index in [1.807, 2.05) is 6.92 Å². The molecule has 0 aliphatic carbocycles. The molecule has 0 heterocycles. The molecule has 0 fully saturated rings. The highest BCUT2D eigenvalue weighted by Gasteiger charge is 2.19. The van der Waals surface area contributed by atoms with Crippen LogP contribution in [0.2, 0.25) is 0 Å². The number of rotatable bonds is 8. The largest absolute Gasteiger partial charge is 0.396 e. The first-order valence-electron chi connectivity index (χ1n) is 7.83. The predicted octanol–water partition coefficient (Wildman–Crippen LogP) is 3.23. The summed E-state index contributed by atoms with van der Waals surface area (Å²) in [6.07, 6.45) is 2.33. The third-order valence-corrected chi connectivity index (χ3v) is 3.73. The molecule has 2 N–H and O–H groups in total. The summed E-state index contributed by atoms with van der Waals surface area (Å²) < 4.78 is 0. The van der Waals surface area contributed by atoms with Crippen LogP contribution in [-0.4, -0.2) is 40.7 Å². The average Bonchev–Trinajstić information content (AvgIpc) is 2.51. The van der Waals surface area contributed by atoms with E-state index in [-0.39, 0.29) is 18.3 Å². The number of carbonyl (C=O) groups excluding carboxylic acids is 1. The Morgan fingerprint density at radius 2 is 1.96 bits per heavy atom. The van der Waals surface area contributed by atoms with Crippen molar-refractivity contribution in [1.29, 1.82) is 0 Å². The van der Waals surface area contributed by atoms with Crippen molar-refractivity contribution in [3.63, 3.8) is 0 Å². The summed E-state index contributed by atoms with van der Waals surface area (Å²) in [4.78, 5) is 24.7. The highest BCUT2D eigenvalue weighted by Crippen LogP contribution is 2.29. The minimum atomic E-state index is -0.453. The zero-order valence-electron chi connectivity index (χ0n) is 14.0. The van der Waals surface area contributed by atoms with E-state index < -0.39 is 4.92 Å². The first-order valence-corrected chi connectivity index (χ1v) is 7.83. The van der Waals surface area contributed by atoms with Crippen LogP contribution in [0.3, 0.4) is 0 Å². The lowest BCUT2D eigenvalue weighted by Crippen LogP contribution is -2.37. The van der Waals surface area contributed by atoms with Gasteiger partial charge in [0.05, 0.1) is 16.2 Å². The third kappa shape index (κ3) is 5.21. The molecule has 7 heteroatoms. The second-order valence-corrected chi connectivity index (χ2v) is 5.51. The summed E-state index contributed by atoms with van der Waals surface area (Å²) in [5.74, 6) is 0. The van der Waals surface area contributed by atoms with Crippen LogP contribution < -0.4 is 5.32 Å². The van der Waals surface area contributed by atoms with Crippen LogP contribution in [-0.2, 0) is 0 Å². The van der Waals surface area contributed by atoms with Gasteiger partial charge in [-0.05, 0) is 32.3 Å². The van der Waals surface area contributed by atoms with Crippen molar-refractivity contribution >= 4 is 17.4 Å². The van der Waals surface area contributed by atoms with Crippen LogP contribution in [0.4, 0.5) is 16.2 Å². The van der Waals surface area contributed by atoms with E-state index in [1.165, 1.54) is 6.07 Å². The van der Waals surface area contributed by atoms with Crippen LogP contribution in [0.15, 0.2) is 12.1 Å². The van der Waals surface area contributed by atoms with Gasteiger partial charge in [-0.15, -0.1) is 0 Å². The van der Waals surface area contributed by atoms with Crippen LogP contribution in [0.25, 0.3) is 0 Å². The van der Waals surface area contributed by atoms with Crippen molar-refractivity contribution in [3.8, 4) is 0 Å². The monoisotopic (exact) mass is 323 g/mol. The predicted molar refractivity (Wildman–Crippen MR) is 89.8 cm³/mol. The number of amides is 2. The Labute approximate surface area is 136 Å². The molecule has 0 atom stereocenters. The van der Waals surface area contributed by atoms with Gasteiger partial charge in [0.1, 0.15) is 0 Å². The van der Waals surface area contributed by atoms with Crippen molar-refractivity contribution in [1.82, 2.24) is 4.90 Å². The molecule has 1 aromatic carbocycles. The molecule has 1 aromatic rings. The van der Waals surface area contributed by atoms with Crippen molar-refractivity contribution in [2.75, 3.05) is 25.0 Å². The molecule has 0 aromatic heterocycles. The van der Waals surface area contributed by atoms with Gasteiger partial charge in [-0.2, -0.15) is 0 Å². The van der Waals surface area contributed by atoms with Gasteiger partial charge >= 0.3 is 6.03 Å². The Bertz CT molecular complexity index is 553. The minimum absolute atomic E-state index is 0.0126. The molecule has 128 valence electrons. The van der Waals surface area contributed by atoms with Crippen LogP contribution >= 0.6 is 0 Å². The standard InChI is InChI=1S/C16H25N3O4/c1-4-5-9-18(10-6-11-20)16(21)17-15-12(2)7-8-14(13(15)3)19(22)23/h7-8,20H,4-6,9-11H2,1-3H3,(H,17,21). The number of hydrogen-bond donors (Lipinski definition) is 2. The first-order chi connectivity index (χ1) is 10.9. The number of urea groups is 1. The lowest BCUT2D eigenvalue weighted by molar-refractivity contribution is -0.385. The van der Waals surface area contributed by atoms with Crippen molar-refractivity contribution < 1.29 is 14.8 Å². The fourth-order valence-electron chi connectivity index (χ4n) is 2.34. The van der Waals surface area contributed by atoms with Gasteiger partial charge < -0.3 is 15.3 Å². The number of aliphatic hydroxyl groups excluding tert-OH is 1. The maximum absolute atomic E-state index is 12.5. The number of benzene rings is 1. The molecule has 2 amide bonds. The van der Waals surface area contributed by atoms with Gasteiger partial charge in [0.25, 0.3) is 5.69 Å². The summed E-state index contributed by atoms with van der Waals surface area (Å²) in [6, 6.07) is 2.78. The number of carbonyl (C=O) groups is 1. The van der Waals surface area contributed by atoms with Crippen molar-refractivity contribution in [2.24, 2.45) is 0 Å². The molecule has 0 bridgehead atoms. The molecule has 0 saturated carbocycles. The summed E-state index contributed by atoms with van der Waals surface area (Å²) >= 11 is 0. The maximum Gasteiger partial charge on any atom is 0.321 e. The van der Waals surface area contributed by atoms with E-state index in [9.17, 15) is 14.9 Å². The molecule has 1 rings (SSSR count). The summed E-state index contributed by atoms with van der Waals surface area (Å²) in [5.41, 5.74) is 1.69. The van der Waals surface area contributed by atoms with Gasteiger partial charge in [-0.25, -0.2) is 4.79 Å². The number of aliphatic hydroxyl groups is 1. The second-order valence-electron chi connectivity index (χ2n) is 5.51. The van der Waals surface area contributed by atoms with Gasteiger partial charge in [0, 0.05) is 25.8 Å². The Kier molecular flexibility index (Phi) is 7.47. The topological polar surface area (TPSA) is 95.7 Å².